The normalized spacial score (nSPS) is 13.5. The lowest BCUT2D eigenvalue weighted by molar-refractivity contribution is 0.212. The van der Waals surface area contributed by atoms with E-state index in [1.165, 1.54) is 6.07 Å². The minimum absolute atomic E-state index is 0.0365. The van der Waals surface area contributed by atoms with Crippen LogP contribution in [0.15, 0.2) is 23.1 Å². The highest BCUT2D eigenvalue weighted by Gasteiger charge is 2.18. The van der Waals surface area contributed by atoms with E-state index in [1.54, 1.807) is 19.1 Å². The molecule has 1 atom stereocenters. The molecule has 0 amide bonds. The van der Waals surface area contributed by atoms with E-state index in [4.69, 9.17) is 15.4 Å². The average molecular weight is 263 g/mol. The summed E-state index contributed by atoms with van der Waals surface area (Å²) in [6.45, 7) is 5.65. The number of halogens is 1. The van der Waals surface area contributed by atoms with Crippen LogP contribution in [0.1, 0.15) is 25.8 Å². The first-order chi connectivity index (χ1) is 7.34. The molecule has 0 radical (unpaired) electrons. The highest BCUT2D eigenvalue weighted by atomic mass is 35.7. The van der Waals surface area contributed by atoms with E-state index in [0.29, 0.717) is 5.75 Å². The zero-order chi connectivity index (χ0) is 12.3. The van der Waals surface area contributed by atoms with Crippen LogP contribution in [-0.4, -0.2) is 14.5 Å². The predicted molar refractivity (Wildman–Crippen MR) is 64.6 cm³/mol. The van der Waals surface area contributed by atoms with Gasteiger partial charge in [0.1, 0.15) is 10.6 Å². The van der Waals surface area contributed by atoms with E-state index in [0.717, 1.165) is 12.0 Å². The van der Waals surface area contributed by atoms with Gasteiger partial charge >= 0.3 is 0 Å². The molecule has 0 N–H and O–H groups in total. The highest BCUT2D eigenvalue weighted by Crippen LogP contribution is 2.28. The van der Waals surface area contributed by atoms with E-state index in [-0.39, 0.29) is 11.0 Å². The Morgan fingerprint density at radius 3 is 2.56 bits per heavy atom. The van der Waals surface area contributed by atoms with Gasteiger partial charge in [0, 0.05) is 10.7 Å². The molecule has 1 unspecified atom stereocenters. The summed E-state index contributed by atoms with van der Waals surface area (Å²) >= 11 is 0. The Kier molecular flexibility index (Phi) is 4.21. The zero-order valence-electron chi connectivity index (χ0n) is 9.53. The summed E-state index contributed by atoms with van der Waals surface area (Å²) in [6, 6.07) is 4.94. The molecule has 1 aromatic rings. The SMILES string of the molecule is CCC(C)Oc1ccc(C)cc1S(=O)(=O)Cl. The Morgan fingerprint density at radius 2 is 2.06 bits per heavy atom. The Labute approximate surface area is 101 Å². The van der Waals surface area contributed by atoms with Gasteiger partial charge in [0.05, 0.1) is 6.10 Å². The molecule has 1 aromatic carbocycles. The molecular weight excluding hydrogens is 248 g/mol. The summed E-state index contributed by atoms with van der Waals surface area (Å²) in [5.74, 6) is 0.315. The quantitative estimate of drug-likeness (QED) is 0.783. The van der Waals surface area contributed by atoms with Gasteiger partial charge in [-0.25, -0.2) is 8.42 Å². The van der Waals surface area contributed by atoms with Gasteiger partial charge in [-0.1, -0.05) is 13.0 Å². The molecule has 0 aliphatic rings. The molecule has 1 rings (SSSR count). The fourth-order valence-electron chi connectivity index (χ4n) is 1.20. The molecule has 90 valence electrons. The molecule has 0 saturated heterocycles. The predicted octanol–water partition coefficient (Wildman–Crippen LogP) is 3.10. The van der Waals surface area contributed by atoms with Crippen molar-refractivity contribution in [2.45, 2.75) is 38.2 Å². The lowest BCUT2D eigenvalue weighted by Crippen LogP contribution is -2.11. The summed E-state index contributed by atoms with van der Waals surface area (Å²) in [5, 5.41) is 0. The maximum Gasteiger partial charge on any atom is 0.264 e. The summed E-state index contributed by atoms with van der Waals surface area (Å²) in [7, 11) is 1.59. The topological polar surface area (TPSA) is 43.4 Å². The fraction of sp³-hybridized carbons (Fsp3) is 0.455. The van der Waals surface area contributed by atoms with Crippen LogP contribution in [0.4, 0.5) is 0 Å². The molecule has 3 nitrogen and oxygen atoms in total. The van der Waals surface area contributed by atoms with Gasteiger partial charge < -0.3 is 4.74 Å². The molecule has 0 aliphatic heterocycles. The van der Waals surface area contributed by atoms with Gasteiger partial charge in [-0.15, -0.1) is 0 Å². The lowest BCUT2D eigenvalue weighted by atomic mass is 10.2. The Morgan fingerprint density at radius 1 is 1.44 bits per heavy atom. The molecule has 0 aromatic heterocycles. The fourth-order valence-corrected chi connectivity index (χ4v) is 2.25. The Hall–Kier alpha value is -0.740. The van der Waals surface area contributed by atoms with Crippen LogP contribution < -0.4 is 4.74 Å². The van der Waals surface area contributed by atoms with Gasteiger partial charge in [-0.3, -0.25) is 0 Å². The molecule has 0 saturated carbocycles. The first-order valence-corrected chi connectivity index (χ1v) is 7.37. The zero-order valence-corrected chi connectivity index (χ0v) is 11.1. The number of rotatable bonds is 4. The third-order valence-corrected chi connectivity index (χ3v) is 3.61. The summed E-state index contributed by atoms with van der Waals surface area (Å²) < 4.78 is 28.2. The minimum Gasteiger partial charge on any atom is -0.489 e. The molecule has 0 bridgehead atoms. The average Bonchev–Trinajstić information content (AvgIpc) is 2.19. The monoisotopic (exact) mass is 262 g/mol. The third-order valence-electron chi connectivity index (χ3n) is 2.26. The van der Waals surface area contributed by atoms with Gasteiger partial charge in [-0.2, -0.15) is 0 Å². The smallest absolute Gasteiger partial charge is 0.264 e. The maximum atomic E-state index is 11.4. The molecular formula is C11H15ClO3S. The van der Waals surface area contributed by atoms with Crippen molar-refractivity contribution in [1.29, 1.82) is 0 Å². The van der Waals surface area contributed by atoms with Crippen molar-refractivity contribution in [3.8, 4) is 5.75 Å². The summed E-state index contributed by atoms with van der Waals surface area (Å²) in [4.78, 5) is 0.0365. The van der Waals surface area contributed by atoms with E-state index >= 15 is 0 Å². The van der Waals surface area contributed by atoms with E-state index in [2.05, 4.69) is 0 Å². The molecule has 0 fully saturated rings. The first-order valence-electron chi connectivity index (χ1n) is 5.06. The van der Waals surface area contributed by atoms with Crippen molar-refractivity contribution in [3.05, 3.63) is 23.8 Å². The Bertz CT molecular complexity index is 468. The van der Waals surface area contributed by atoms with Crippen LogP contribution >= 0.6 is 10.7 Å². The number of aryl methyl sites for hydroxylation is 1. The van der Waals surface area contributed by atoms with Crippen molar-refractivity contribution in [3.63, 3.8) is 0 Å². The second kappa shape index (κ2) is 5.06. The number of hydrogen-bond acceptors (Lipinski definition) is 3. The molecule has 0 heterocycles. The van der Waals surface area contributed by atoms with Gasteiger partial charge in [0.2, 0.25) is 0 Å². The molecule has 16 heavy (non-hydrogen) atoms. The largest absolute Gasteiger partial charge is 0.489 e. The van der Waals surface area contributed by atoms with E-state index in [1.807, 2.05) is 13.8 Å². The third kappa shape index (κ3) is 3.39. The summed E-state index contributed by atoms with van der Waals surface area (Å²) in [6.07, 6.45) is 0.759. The number of benzene rings is 1. The van der Waals surface area contributed by atoms with Gasteiger partial charge in [0.25, 0.3) is 9.05 Å². The van der Waals surface area contributed by atoms with Gasteiger partial charge in [0.15, 0.2) is 0 Å². The van der Waals surface area contributed by atoms with Crippen molar-refractivity contribution < 1.29 is 13.2 Å². The lowest BCUT2D eigenvalue weighted by Gasteiger charge is -2.15. The van der Waals surface area contributed by atoms with E-state index in [9.17, 15) is 8.42 Å². The van der Waals surface area contributed by atoms with Crippen molar-refractivity contribution in [2.75, 3.05) is 0 Å². The number of hydrogen-bond donors (Lipinski definition) is 0. The van der Waals surface area contributed by atoms with Crippen molar-refractivity contribution in [1.82, 2.24) is 0 Å². The summed E-state index contributed by atoms with van der Waals surface area (Å²) in [5.41, 5.74) is 0.829. The first kappa shape index (κ1) is 13.3. The van der Waals surface area contributed by atoms with E-state index < -0.39 is 9.05 Å². The van der Waals surface area contributed by atoms with Crippen LogP contribution in [0, 0.1) is 6.92 Å². The minimum atomic E-state index is -3.76. The Balaban J connectivity index is 3.19. The van der Waals surface area contributed by atoms with Gasteiger partial charge in [-0.05, 0) is 38.0 Å². The molecule has 5 heteroatoms. The van der Waals surface area contributed by atoms with Crippen LogP contribution in [0.5, 0.6) is 5.75 Å². The standard InChI is InChI=1S/C11H15ClO3S/c1-4-9(3)15-10-6-5-8(2)7-11(10)16(12,13)14/h5-7,9H,4H2,1-3H3. The molecule has 0 spiro atoms. The van der Waals surface area contributed by atoms with Crippen LogP contribution in [-0.2, 0) is 9.05 Å². The van der Waals surface area contributed by atoms with Crippen LogP contribution in [0.25, 0.3) is 0 Å². The van der Waals surface area contributed by atoms with Crippen molar-refractivity contribution >= 4 is 19.7 Å². The van der Waals surface area contributed by atoms with Crippen molar-refractivity contribution in [2.24, 2.45) is 0 Å². The van der Waals surface area contributed by atoms with Crippen LogP contribution in [0.2, 0.25) is 0 Å². The number of ether oxygens (including phenoxy) is 1. The highest BCUT2D eigenvalue weighted by molar-refractivity contribution is 8.13. The molecule has 0 aliphatic carbocycles. The second-order valence-electron chi connectivity index (χ2n) is 3.72. The second-order valence-corrected chi connectivity index (χ2v) is 6.26. The van der Waals surface area contributed by atoms with Crippen LogP contribution in [0.3, 0.4) is 0 Å². The maximum absolute atomic E-state index is 11.4.